The number of aliphatic imine (C=N–C) groups is 1. The topological polar surface area (TPSA) is 61.8 Å². The summed E-state index contributed by atoms with van der Waals surface area (Å²) >= 11 is 0. The van der Waals surface area contributed by atoms with Crippen LogP contribution in [0.4, 0.5) is 0 Å². The monoisotopic (exact) mass is 355 g/mol. The molecule has 2 rings (SSSR count). The number of likely N-dealkylation sites (tertiary alicyclic amines) is 1. The number of rotatable bonds is 7. The quantitative estimate of drug-likeness (QED) is 0.533. The molecular weight excluding hydrogens is 322 g/mol. The highest BCUT2D eigenvalue weighted by atomic mass is 16.3. The lowest BCUT2D eigenvalue weighted by Crippen LogP contribution is -2.34. The van der Waals surface area contributed by atoms with Crippen molar-refractivity contribution < 1.29 is 5.11 Å². The first kappa shape index (κ1) is 20.2. The van der Waals surface area contributed by atoms with Crippen LogP contribution in [0.15, 0.2) is 64.6 Å². The normalized spacial score (nSPS) is 23.9. The molecule has 0 amide bonds. The van der Waals surface area contributed by atoms with E-state index in [9.17, 15) is 5.11 Å². The van der Waals surface area contributed by atoms with E-state index in [1.165, 1.54) is 19.3 Å². The highest BCUT2D eigenvalue weighted by Crippen LogP contribution is 2.28. The number of hydrogen-bond donors (Lipinski definition) is 2. The average Bonchev–Trinajstić information content (AvgIpc) is 2.67. The minimum absolute atomic E-state index is 0.417. The molecule has 1 fully saturated rings. The smallest absolute Gasteiger partial charge is 0.111 e. The van der Waals surface area contributed by atoms with Crippen LogP contribution in [0.5, 0.6) is 0 Å². The number of nitrogens with two attached hydrogens (primary N) is 1. The predicted octanol–water partition coefficient (Wildman–Crippen LogP) is 4.15. The van der Waals surface area contributed by atoms with Crippen LogP contribution >= 0.6 is 0 Å². The third kappa shape index (κ3) is 6.34. The SMILES string of the molecule is C/C=C(C=NC)/C(/C=C\CN1CCC(CC2C=CC(O)=CC2)CC1)=C/N. The Morgan fingerprint density at radius 3 is 2.69 bits per heavy atom. The zero-order valence-electron chi connectivity index (χ0n) is 16.1. The molecule has 0 spiro atoms. The second-order valence-corrected chi connectivity index (χ2v) is 7.12. The standard InChI is InChI=1S/C22H33N3O/c1-3-20(17-24-2)21(16-23)5-4-12-25-13-10-19(11-14-25)15-18-6-8-22(26)9-7-18/h3-6,8-9,16-19,26H,7,10-15,23H2,1-2H3/b5-4-,20-3+,21-16+,24-17?. The van der Waals surface area contributed by atoms with Crippen LogP contribution in [0, 0.1) is 11.8 Å². The van der Waals surface area contributed by atoms with Crippen LogP contribution in [0.25, 0.3) is 0 Å². The Morgan fingerprint density at radius 2 is 2.12 bits per heavy atom. The van der Waals surface area contributed by atoms with Crippen molar-refractivity contribution in [2.24, 2.45) is 22.6 Å². The first-order valence-corrected chi connectivity index (χ1v) is 9.63. The van der Waals surface area contributed by atoms with E-state index < -0.39 is 0 Å². The lowest BCUT2D eigenvalue weighted by molar-refractivity contribution is 0.185. The van der Waals surface area contributed by atoms with Gasteiger partial charge in [-0.3, -0.25) is 9.89 Å². The molecule has 1 heterocycles. The highest BCUT2D eigenvalue weighted by Gasteiger charge is 2.21. The van der Waals surface area contributed by atoms with Gasteiger partial charge < -0.3 is 10.8 Å². The van der Waals surface area contributed by atoms with Crippen molar-refractivity contribution >= 4 is 6.21 Å². The number of hydrogen-bond acceptors (Lipinski definition) is 4. The Kier molecular flexibility index (Phi) is 8.42. The Hall–Kier alpha value is -2.07. The fourth-order valence-electron chi connectivity index (χ4n) is 3.69. The lowest BCUT2D eigenvalue weighted by Gasteiger charge is -2.32. The van der Waals surface area contributed by atoms with E-state index in [1.54, 1.807) is 13.2 Å². The van der Waals surface area contributed by atoms with E-state index in [1.807, 2.05) is 31.4 Å². The van der Waals surface area contributed by atoms with E-state index in [4.69, 9.17) is 5.73 Å². The van der Waals surface area contributed by atoms with Gasteiger partial charge in [-0.25, -0.2) is 0 Å². The van der Waals surface area contributed by atoms with E-state index in [-0.39, 0.29) is 0 Å². The molecule has 2 aliphatic rings. The molecule has 0 radical (unpaired) electrons. The molecule has 4 nitrogen and oxygen atoms in total. The third-order valence-electron chi connectivity index (χ3n) is 5.27. The van der Waals surface area contributed by atoms with Crippen molar-refractivity contribution in [2.45, 2.75) is 32.6 Å². The Balaban J connectivity index is 1.74. The fraction of sp³-hybridized carbons (Fsp3) is 0.500. The van der Waals surface area contributed by atoms with Crippen LogP contribution < -0.4 is 5.73 Å². The van der Waals surface area contributed by atoms with Crippen molar-refractivity contribution in [1.29, 1.82) is 0 Å². The molecule has 0 aromatic rings. The van der Waals surface area contributed by atoms with Gasteiger partial charge in [0.1, 0.15) is 5.76 Å². The first-order chi connectivity index (χ1) is 12.7. The zero-order valence-corrected chi connectivity index (χ0v) is 16.1. The number of piperidine rings is 1. The molecule has 1 unspecified atom stereocenters. The van der Waals surface area contributed by atoms with Gasteiger partial charge >= 0.3 is 0 Å². The van der Waals surface area contributed by atoms with Gasteiger partial charge in [-0.1, -0.05) is 24.3 Å². The van der Waals surface area contributed by atoms with Gasteiger partial charge in [0.05, 0.1) is 0 Å². The summed E-state index contributed by atoms with van der Waals surface area (Å²) in [4.78, 5) is 6.58. The van der Waals surface area contributed by atoms with Gasteiger partial charge in [-0.2, -0.15) is 0 Å². The first-order valence-electron chi connectivity index (χ1n) is 9.63. The van der Waals surface area contributed by atoms with E-state index in [0.717, 1.165) is 43.1 Å². The summed E-state index contributed by atoms with van der Waals surface area (Å²) in [5, 5.41) is 9.43. The molecule has 1 saturated heterocycles. The summed E-state index contributed by atoms with van der Waals surface area (Å²) in [6.45, 7) is 5.27. The summed E-state index contributed by atoms with van der Waals surface area (Å²) in [6, 6.07) is 0. The summed E-state index contributed by atoms with van der Waals surface area (Å²) in [6.07, 6.45) is 20.5. The lowest BCUT2D eigenvalue weighted by atomic mass is 9.84. The van der Waals surface area contributed by atoms with Gasteiger partial charge in [0.15, 0.2) is 0 Å². The van der Waals surface area contributed by atoms with Crippen molar-refractivity contribution in [3.63, 3.8) is 0 Å². The largest absolute Gasteiger partial charge is 0.508 e. The second kappa shape index (κ2) is 10.8. The molecule has 1 aliphatic heterocycles. The zero-order chi connectivity index (χ0) is 18.8. The number of allylic oxidation sites excluding steroid dienone is 7. The van der Waals surface area contributed by atoms with Gasteiger partial charge in [-0.05, 0) is 80.8 Å². The van der Waals surface area contributed by atoms with Crippen molar-refractivity contribution in [3.05, 3.63) is 59.6 Å². The molecule has 0 aromatic heterocycles. The number of aliphatic hydroxyl groups excluding tert-OH is 1. The minimum Gasteiger partial charge on any atom is -0.508 e. The molecule has 26 heavy (non-hydrogen) atoms. The van der Waals surface area contributed by atoms with Crippen LogP contribution in [0.1, 0.15) is 32.6 Å². The molecule has 1 aliphatic carbocycles. The molecule has 0 aromatic carbocycles. The maximum atomic E-state index is 9.43. The number of aliphatic hydroxyl groups is 1. The molecule has 142 valence electrons. The summed E-state index contributed by atoms with van der Waals surface area (Å²) in [5.41, 5.74) is 7.81. The summed E-state index contributed by atoms with van der Waals surface area (Å²) in [7, 11) is 1.77. The maximum absolute atomic E-state index is 9.43. The maximum Gasteiger partial charge on any atom is 0.111 e. The van der Waals surface area contributed by atoms with E-state index >= 15 is 0 Å². The van der Waals surface area contributed by atoms with Gasteiger partial charge in [-0.15, -0.1) is 0 Å². The molecule has 3 N–H and O–H groups in total. The van der Waals surface area contributed by atoms with E-state index in [0.29, 0.717) is 11.7 Å². The Morgan fingerprint density at radius 1 is 1.35 bits per heavy atom. The second-order valence-electron chi connectivity index (χ2n) is 7.12. The van der Waals surface area contributed by atoms with Crippen molar-refractivity contribution in [3.8, 4) is 0 Å². The van der Waals surface area contributed by atoms with Crippen LogP contribution in [-0.4, -0.2) is 42.9 Å². The van der Waals surface area contributed by atoms with Gasteiger partial charge in [0, 0.05) is 26.0 Å². The molecule has 1 atom stereocenters. The Bertz CT molecular complexity index is 617. The van der Waals surface area contributed by atoms with Crippen molar-refractivity contribution in [2.75, 3.05) is 26.7 Å². The number of nitrogens with zero attached hydrogens (tertiary/aromatic N) is 2. The molecule has 0 bridgehead atoms. The molecule has 0 saturated carbocycles. The van der Waals surface area contributed by atoms with E-state index in [2.05, 4.69) is 28.1 Å². The van der Waals surface area contributed by atoms with Crippen LogP contribution in [0.3, 0.4) is 0 Å². The van der Waals surface area contributed by atoms with Crippen molar-refractivity contribution in [1.82, 2.24) is 4.90 Å². The van der Waals surface area contributed by atoms with Crippen LogP contribution in [0.2, 0.25) is 0 Å². The highest BCUT2D eigenvalue weighted by molar-refractivity contribution is 5.85. The van der Waals surface area contributed by atoms with Crippen LogP contribution in [-0.2, 0) is 0 Å². The molecular formula is C22H33N3O. The minimum atomic E-state index is 0.417. The summed E-state index contributed by atoms with van der Waals surface area (Å²) < 4.78 is 0. The summed E-state index contributed by atoms with van der Waals surface area (Å²) in [5.74, 6) is 1.81. The Labute approximate surface area is 158 Å². The molecule has 4 heteroatoms. The van der Waals surface area contributed by atoms with Gasteiger partial charge in [0.25, 0.3) is 0 Å². The predicted molar refractivity (Wildman–Crippen MR) is 111 cm³/mol. The average molecular weight is 356 g/mol. The third-order valence-corrected chi connectivity index (χ3v) is 5.27. The fourth-order valence-corrected chi connectivity index (χ4v) is 3.69. The van der Waals surface area contributed by atoms with Gasteiger partial charge in [0.2, 0.25) is 0 Å².